The molecule has 2 radical (unpaired) electrons. The zero-order valence-corrected chi connectivity index (χ0v) is 6.74. The van der Waals surface area contributed by atoms with Gasteiger partial charge in [-0.15, -0.1) is 0 Å². The van der Waals surface area contributed by atoms with Crippen molar-refractivity contribution in [3.8, 4) is 0 Å². The summed E-state index contributed by atoms with van der Waals surface area (Å²) in [6.07, 6.45) is 0. The summed E-state index contributed by atoms with van der Waals surface area (Å²) in [6, 6.07) is 0. The molecule has 0 aliphatic carbocycles. The Labute approximate surface area is 69.7 Å². The van der Waals surface area contributed by atoms with Gasteiger partial charge in [-0.25, -0.2) is 0 Å². The van der Waals surface area contributed by atoms with Crippen molar-refractivity contribution in [2.75, 3.05) is 0 Å². The van der Waals surface area contributed by atoms with Crippen molar-refractivity contribution in [3.63, 3.8) is 0 Å². The topological polar surface area (TPSA) is 123 Å². The molecular formula is H6NaO4V. The maximum Gasteiger partial charge on any atom is 2.00 e. The van der Waals surface area contributed by atoms with E-state index in [1.54, 1.807) is 0 Å². The van der Waals surface area contributed by atoms with Crippen LogP contribution in [0.2, 0.25) is 0 Å². The summed E-state index contributed by atoms with van der Waals surface area (Å²) >= 11 is 0. The van der Waals surface area contributed by atoms with Crippen LogP contribution in [0.3, 0.4) is 0 Å². The smallest absolute Gasteiger partial charge is 0.870 e. The van der Waals surface area contributed by atoms with Gasteiger partial charge in [-0.2, -0.15) is 0 Å². The van der Waals surface area contributed by atoms with Gasteiger partial charge in [0.2, 0.25) is 0 Å². The number of rotatable bonds is 0. The van der Waals surface area contributed by atoms with Crippen LogP contribution < -0.4 is 0 Å². The monoisotopic (exact) mass is 144 g/mol. The fourth-order valence-electron chi connectivity index (χ4n) is 0. The van der Waals surface area contributed by atoms with Crippen LogP contribution in [-0.4, -0.2) is 51.5 Å². The van der Waals surface area contributed by atoms with Gasteiger partial charge in [0, 0.05) is 29.6 Å². The van der Waals surface area contributed by atoms with Gasteiger partial charge >= 0.3 is 18.6 Å². The largest absolute Gasteiger partial charge is 2.00 e. The van der Waals surface area contributed by atoms with Crippen molar-refractivity contribution < 1.29 is 40.5 Å². The van der Waals surface area contributed by atoms with Gasteiger partial charge in [-0.3, -0.25) is 0 Å². The summed E-state index contributed by atoms with van der Waals surface area (Å²) < 4.78 is 0. The zero-order chi connectivity index (χ0) is 0. The molecule has 0 saturated heterocycles. The van der Waals surface area contributed by atoms with Crippen LogP contribution in [0.1, 0.15) is 0 Å². The molecule has 36 valence electrons. The molecule has 0 aliphatic rings. The maximum absolute atomic E-state index is 0. The molecular weight excluding hydrogens is 138 g/mol. The molecule has 6 heavy (non-hydrogen) atoms. The molecule has 0 aromatic carbocycles. The fourth-order valence-corrected chi connectivity index (χ4v) is 0. The summed E-state index contributed by atoms with van der Waals surface area (Å²) in [5.41, 5.74) is 0. The van der Waals surface area contributed by atoms with Crippen molar-refractivity contribution >= 4 is 29.6 Å². The summed E-state index contributed by atoms with van der Waals surface area (Å²) in [7, 11) is 0. The predicted molar refractivity (Wildman–Crippen MR) is 16.9 cm³/mol. The molecule has 0 bridgehead atoms. The summed E-state index contributed by atoms with van der Waals surface area (Å²) in [5, 5.41) is 0. The van der Waals surface area contributed by atoms with Gasteiger partial charge in [0.05, 0.1) is 0 Å². The van der Waals surface area contributed by atoms with E-state index in [-0.39, 0.29) is 70.0 Å². The molecule has 0 aromatic rings. The van der Waals surface area contributed by atoms with Crippen LogP contribution in [0.15, 0.2) is 0 Å². The van der Waals surface area contributed by atoms with Crippen molar-refractivity contribution in [3.05, 3.63) is 0 Å². The molecule has 0 rings (SSSR count). The Morgan fingerprint density at radius 3 is 0.667 bits per heavy atom. The first-order valence-electron chi connectivity index (χ1n) is 0. The van der Waals surface area contributed by atoms with Crippen molar-refractivity contribution in [2.24, 2.45) is 0 Å². The minimum absolute atomic E-state index is 0. The van der Waals surface area contributed by atoms with Crippen molar-refractivity contribution in [1.29, 1.82) is 0 Å². The minimum Gasteiger partial charge on any atom is -0.870 e. The van der Waals surface area contributed by atoms with Crippen LogP contribution >= 0.6 is 0 Å². The SMILES string of the molecule is O.O.[Na].[OH-].[OH-].[V+2]. The second-order valence-electron chi connectivity index (χ2n) is 0. The molecule has 0 amide bonds. The van der Waals surface area contributed by atoms with Gasteiger partial charge in [0.1, 0.15) is 0 Å². The summed E-state index contributed by atoms with van der Waals surface area (Å²) in [4.78, 5) is 0. The van der Waals surface area contributed by atoms with E-state index in [0.717, 1.165) is 0 Å². The molecule has 0 aromatic heterocycles. The molecule has 6 N–H and O–H groups in total. The Kier molecular flexibility index (Phi) is 2350. The molecule has 0 atom stereocenters. The molecule has 0 heterocycles. The standard InChI is InChI=1S/Na.4H2O.V/h;4*1H2;/q;;;;;+2/p-2. The first-order chi connectivity index (χ1) is 0. The Hall–Kier alpha value is 1.42. The van der Waals surface area contributed by atoms with Gasteiger partial charge in [-0.05, 0) is 0 Å². The predicted octanol–water partition coefficient (Wildman–Crippen LogP) is -2.39. The summed E-state index contributed by atoms with van der Waals surface area (Å²) in [5.74, 6) is 0. The van der Waals surface area contributed by atoms with Gasteiger partial charge in [0.25, 0.3) is 0 Å². The molecule has 0 fully saturated rings. The zero-order valence-electron chi connectivity index (χ0n) is 3.34. The fraction of sp³-hybridized carbons (Fsp3) is 0. The van der Waals surface area contributed by atoms with Crippen LogP contribution in [-0.2, 0) is 18.6 Å². The van der Waals surface area contributed by atoms with Crippen LogP contribution in [0.5, 0.6) is 0 Å². The van der Waals surface area contributed by atoms with Crippen molar-refractivity contribution in [2.45, 2.75) is 0 Å². The second kappa shape index (κ2) is 93.2. The van der Waals surface area contributed by atoms with E-state index in [1.165, 1.54) is 0 Å². The Morgan fingerprint density at radius 1 is 0.667 bits per heavy atom. The Balaban J connectivity index is 0. The number of hydrogen-bond acceptors (Lipinski definition) is 2. The number of hydrogen-bond donors (Lipinski definition) is 0. The molecule has 6 heteroatoms. The van der Waals surface area contributed by atoms with E-state index in [2.05, 4.69) is 0 Å². The van der Waals surface area contributed by atoms with Gasteiger partial charge < -0.3 is 21.9 Å². The molecule has 4 nitrogen and oxygen atoms in total. The third-order valence-corrected chi connectivity index (χ3v) is 0. The van der Waals surface area contributed by atoms with Gasteiger partial charge in [0.15, 0.2) is 0 Å². The second-order valence-corrected chi connectivity index (χ2v) is 0. The van der Waals surface area contributed by atoms with E-state index >= 15 is 0 Å². The maximum atomic E-state index is 0. The minimum atomic E-state index is 0. The normalized spacial score (nSPS) is 0. The van der Waals surface area contributed by atoms with Crippen molar-refractivity contribution in [1.82, 2.24) is 0 Å². The molecule has 0 saturated carbocycles. The van der Waals surface area contributed by atoms with E-state index in [1.807, 2.05) is 0 Å². The average molecular weight is 144 g/mol. The van der Waals surface area contributed by atoms with Crippen LogP contribution in [0, 0.1) is 0 Å². The average Bonchev–Trinajstić information content (AvgIpc) is 0. The first kappa shape index (κ1) is 151. The van der Waals surface area contributed by atoms with E-state index < -0.39 is 0 Å². The molecule has 0 unspecified atom stereocenters. The van der Waals surface area contributed by atoms with Crippen LogP contribution in [0.4, 0.5) is 0 Å². The van der Waals surface area contributed by atoms with Crippen LogP contribution in [0.25, 0.3) is 0 Å². The van der Waals surface area contributed by atoms with E-state index in [9.17, 15) is 0 Å². The first-order valence-corrected chi connectivity index (χ1v) is 0. The third kappa shape index (κ3) is 52.3. The van der Waals surface area contributed by atoms with E-state index in [4.69, 9.17) is 0 Å². The Bertz CT molecular complexity index is 7.51. The Morgan fingerprint density at radius 2 is 0.667 bits per heavy atom. The third-order valence-electron chi connectivity index (χ3n) is 0. The molecule has 0 spiro atoms. The summed E-state index contributed by atoms with van der Waals surface area (Å²) in [6.45, 7) is 0. The van der Waals surface area contributed by atoms with E-state index in [0.29, 0.717) is 0 Å². The quantitative estimate of drug-likeness (QED) is 0.352. The molecule has 0 aliphatic heterocycles. The van der Waals surface area contributed by atoms with Gasteiger partial charge in [-0.1, -0.05) is 0 Å².